The van der Waals surface area contributed by atoms with E-state index in [1.54, 1.807) is 24.3 Å². The van der Waals surface area contributed by atoms with Crippen molar-refractivity contribution in [2.45, 2.75) is 26.9 Å². The molecule has 6 heteroatoms. The summed E-state index contributed by atoms with van der Waals surface area (Å²) in [5, 5.41) is 12.0. The fraction of sp³-hybridized carbons (Fsp3) is 0.385. The number of aromatic nitrogens is 1. The molecule has 0 unspecified atom stereocenters. The van der Waals surface area contributed by atoms with Crippen LogP contribution < -0.4 is 0 Å². The van der Waals surface area contributed by atoms with E-state index in [9.17, 15) is 4.79 Å². The van der Waals surface area contributed by atoms with E-state index in [1.807, 2.05) is 24.3 Å². The Morgan fingerprint density at radius 1 is 1.47 bits per heavy atom. The van der Waals surface area contributed by atoms with Crippen LogP contribution in [0.25, 0.3) is 0 Å². The Balaban J connectivity index is 2.00. The first-order valence-electron chi connectivity index (χ1n) is 5.88. The molecule has 0 aliphatic rings. The number of carboxylic acid groups (broad SMARTS) is 1. The molecule has 102 valence electrons. The number of hydrogen-bond donors (Lipinski definition) is 1. The minimum Gasteiger partial charge on any atom is -0.475 e. The van der Waals surface area contributed by atoms with Gasteiger partial charge in [-0.15, -0.1) is 11.3 Å². The second kappa shape index (κ2) is 5.54. The Bertz CT molecular complexity index is 588. The number of aryl methyl sites for hydroxylation is 2. The number of rotatable bonds is 5. The molecule has 0 aromatic carbocycles. The van der Waals surface area contributed by atoms with E-state index in [-0.39, 0.29) is 5.76 Å². The Labute approximate surface area is 115 Å². The van der Waals surface area contributed by atoms with E-state index < -0.39 is 5.97 Å². The number of furan rings is 1. The largest absolute Gasteiger partial charge is 0.475 e. The van der Waals surface area contributed by atoms with Gasteiger partial charge >= 0.3 is 5.97 Å². The van der Waals surface area contributed by atoms with Crippen LogP contribution in [0, 0.1) is 13.8 Å². The van der Waals surface area contributed by atoms with Crippen LogP contribution in [0.2, 0.25) is 0 Å². The van der Waals surface area contributed by atoms with Crippen molar-refractivity contribution in [1.29, 1.82) is 0 Å². The molecule has 0 saturated carbocycles. The van der Waals surface area contributed by atoms with Gasteiger partial charge in [0.2, 0.25) is 5.76 Å². The molecule has 1 N–H and O–H groups in total. The average Bonchev–Trinajstić information content (AvgIpc) is 2.85. The molecule has 2 heterocycles. The highest BCUT2D eigenvalue weighted by atomic mass is 32.1. The normalized spacial score (nSPS) is 11.2. The lowest BCUT2D eigenvalue weighted by Gasteiger charge is -2.13. The SMILES string of the molecule is Cc1nc(CN(C)Cc2cc(C)c(C(=O)O)o2)cs1. The van der Waals surface area contributed by atoms with Crippen molar-refractivity contribution >= 4 is 17.3 Å². The lowest BCUT2D eigenvalue weighted by Crippen LogP contribution is -2.17. The minimum absolute atomic E-state index is 0.0212. The van der Waals surface area contributed by atoms with Gasteiger partial charge in [-0.3, -0.25) is 4.90 Å². The average molecular weight is 280 g/mol. The molecule has 0 radical (unpaired) electrons. The van der Waals surface area contributed by atoms with Gasteiger partial charge in [0, 0.05) is 17.5 Å². The molecule has 0 fully saturated rings. The van der Waals surface area contributed by atoms with Crippen LogP contribution in [0.3, 0.4) is 0 Å². The molecule has 2 aromatic rings. The van der Waals surface area contributed by atoms with E-state index in [4.69, 9.17) is 9.52 Å². The third-order valence-electron chi connectivity index (χ3n) is 2.69. The summed E-state index contributed by atoms with van der Waals surface area (Å²) in [5.41, 5.74) is 1.67. The smallest absolute Gasteiger partial charge is 0.372 e. The first-order valence-corrected chi connectivity index (χ1v) is 6.76. The van der Waals surface area contributed by atoms with Crippen molar-refractivity contribution < 1.29 is 14.3 Å². The van der Waals surface area contributed by atoms with Crippen molar-refractivity contribution in [3.05, 3.63) is 39.2 Å². The number of carbonyl (C=O) groups is 1. The van der Waals surface area contributed by atoms with Crippen molar-refractivity contribution in [3.8, 4) is 0 Å². The Hall–Kier alpha value is -1.66. The highest BCUT2D eigenvalue weighted by Gasteiger charge is 2.15. The van der Waals surface area contributed by atoms with Crippen LogP contribution in [0.15, 0.2) is 15.9 Å². The first-order chi connectivity index (χ1) is 8.95. The summed E-state index contributed by atoms with van der Waals surface area (Å²) in [6, 6.07) is 1.77. The van der Waals surface area contributed by atoms with E-state index in [2.05, 4.69) is 4.98 Å². The summed E-state index contributed by atoms with van der Waals surface area (Å²) in [6.45, 7) is 4.99. The maximum Gasteiger partial charge on any atom is 0.372 e. The molecule has 2 rings (SSSR count). The second-order valence-electron chi connectivity index (χ2n) is 4.56. The Morgan fingerprint density at radius 3 is 2.74 bits per heavy atom. The number of aromatic carboxylic acids is 1. The maximum absolute atomic E-state index is 10.9. The molecule has 0 amide bonds. The minimum atomic E-state index is -1.03. The molecule has 0 aliphatic carbocycles. The monoisotopic (exact) mass is 280 g/mol. The second-order valence-corrected chi connectivity index (χ2v) is 5.62. The third-order valence-corrected chi connectivity index (χ3v) is 3.51. The van der Waals surface area contributed by atoms with Crippen LogP contribution in [0.4, 0.5) is 0 Å². The summed E-state index contributed by atoms with van der Waals surface area (Å²) in [7, 11) is 1.95. The van der Waals surface area contributed by atoms with Gasteiger partial charge in [0.15, 0.2) is 0 Å². The van der Waals surface area contributed by atoms with Crippen molar-refractivity contribution in [2.24, 2.45) is 0 Å². The molecule has 19 heavy (non-hydrogen) atoms. The van der Waals surface area contributed by atoms with Crippen LogP contribution >= 0.6 is 11.3 Å². The van der Waals surface area contributed by atoms with Crippen molar-refractivity contribution in [2.75, 3.05) is 7.05 Å². The van der Waals surface area contributed by atoms with Crippen LogP contribution in [-0.4, -0.2) is 28.0 Å². The predicted molar refractivity (Wildman–Crippen MR) is 72.4 cm³/mol. The highest BCUT2D eigenvalue weighted by Crippen LogP contribution is 2.17. The Morgan fingerprint density at radius 2 is 2.21 bits per heavy atom. The number of hydrogen-bond acceptors (Lipinski definition) is 5. The van der Waals surface area contributed by atoms with Gasteiger partial charge in [0.05, 0.1) is 17.2 Å². The number of nitrogens with zero attached hydrogens (tertiary/aromatic N) is 2. The van der Waals surface area contributed by atoms with E-state index >= 15 is 0 Å². The standard InChI is InChI=1S/C13H16N2O3S/c1-8-4-11(18-12(8)13(16)17)6-15(3)5-10-7-19-9(2)14-10/h4,7H,5-6H2,1-3H3,(H,16,17). The molecular formula is C13H16N2O3S. The number of carboxylic acids is 1. The lowest BCUT2D eigenvalue weighted by molar-refractivity contribution is 0.0657. The molecular weight excluding hydrogens is 264 g/mol. The van der Waals surface area contributed by atoms with Crippen molar-refractivity contribution in [1.82, 2.24) is 9.88 Å². The topological polar surface area (TPSA) is 66.6 Å². The van der Waals surface area contributed by atoms with E-state index in [1.165, 1.54) is 0 Å². The zero-order valence-corrected chi connectivity index (χ0v) is 12.0. The highest BCUT2D eigenvalue weighted by molar-refractivity contribution is 7.09. The van der Waals surface area contributed by atoms with Crippen LogP contribution in [0.1, 0.15) is 32.6 Å². The summed E-state index contributed by atoms with van der Waals surface area (Å²) in [5.74, 6) is -0.348. The summed E-state index contributed by atoms with van der Waals surface area (Å²) >= 11 is 1.62. The summed E-state index contributed by atoms with van der Waals surface area (Å²) in [6.07, 6.45) is 0. The molecule has 0 atom stereocenters. The van der Waals surface area contributed by atoms with Crippen LogP contribution in [-0.2, 0) is 13.1 Å². The lowest BCUT2D eigenvalue weighted by atomic mass is 10.2. The molecule has 0 saturated heterocycles. The third kappa shape index (κ3) is 3.42. The van der Waals surface area contributed by atoms with Gasteiger partial charge in [-0.2, -0.15) is 0 Å². The zero-order chi connectivity index (χ0) is 14.0. The van der Waals surface area contributed by atoms with E-state index in [0.29, 0.717) is 24.4 Å². The zero-order valence-electron chi connectivity index (χ0n) is 11.1. The summed E-state index contributed by atoms with van der Waals surface area (Å²) in [4.78, 5) is 17.3. The predicted octanol–water partition coefficient (Wildman–Crippen LogP) is 2.68. The van der Waals surface area contributed by atoms with E-state index in [0.717, 1.165) is 10.7 Å². The van der Waals surface area contributed by atoms with Gasteiger partial charge in [0.25, 0.3) is 0 Å². The van der Waals surface area contributed by atoms with Crippen LogP contribution in [0.5, 0.6) is 0 Å². The fourth-order valence-corrected chi connectivity index (χ4v) is 2.52. The fourth-order valence-electron chi connectivity index (χ4n) is 1.92. The van der Waals surface area contributed by atoms with Gasteiger partial charge in [-0.05, 0) is 27.0 Å². The van der Waals surface area contributed by atoms with Gasteiger partial charge in [-0.25, -0.2) is 9.78 Å². The van der Waals surface area contributed by atoms with Gasteiger partial charge in [-0.1, -0.05) is 0 Å². The molecule has 5 nitrogen and oxygen atoms in total. The molecule has 0 aliphatic heterocycles. The molecule has 0 spiro atoms. The maximum atomic E-state index is 10.9. The first kappa shape index (κ1) is 13.8. The quantitative estimate of drug-likeness (QED) is 0.912. The van der Waals surface area contributed by atoms with Gasteiger partial charge in [0.1, 0.15) is 5.76 Å². The number of thiazole rings is 1. The molecule has 0 bridgehead atoms. The Kier molecular flexibility index (Phi) is 4.01. The molecule has 2 aromatic heterocycles. The van der Waals surface area contributed by atoms with Gasteiger partial charge < -0.3 is 9.52 Å². The summed E-state index contributed by atoms with van der Waals surface area (Å²) < 4.78 is 5.33. The van der Waals surface area contributed by atoms with Crippen molar-refractivity contribution in [3.63, 3.8) is 0 Å².